The van der Waals surface area contributed by atoms with Crippen LogP contribution >= 0.6 is 0 Å². The van der Waals surface area contributed by atoms with Crippen LogP contribution in [0, 0.1) is 0 Å². The van der Waals surface area contributed by atoms with Gasteiger partial charge in [-0.1, -0.05) is 31.0 Å². The van der Waals surface area contributed by atoms with E-state index < -0.39 is 0 Å². The molecular formula is C15H22N2O2. The molecule has 2 N–H and O–H groups in total. The molecule has 1 aliphatic rings. The van der Waals surface area contributed by atoms with Crippen molar-refractivity contribution in [2.75, 3.05) is 24.6 Å². The highest BCUT2D eigenvalue weighted by atomic mass is 16.2. The largest absolute Gasteiger partial charge is 0.396 e. The zero-order valence-electron chi connectivity index (χ0n) is 11.3. The Bertz CT molecular complexity index is 420. The van der Waals surface area contributed by atoms with Gasteiger partial charge in [0.25, 0.3) is 0 Å². The number of carbonyl (C=O) groups excluding carboxylic acids is 1. The third-order valence-corrected chi connectivity index (χ3v) is 3.46. The first kappa shape index (κ1) is 14.0. The lowest BCUT2D eigenvalue weighted by molar-refractivity contribution is -0.117. The van der Waals surface area contributed by atoms with Crippen molar-refractivity contribution in [3.05, 3.63) is 29.8 Å². The molecule has 0 bridgehead atoms. The van der Waals surface area contributed by atoms with Gasteiger partial charge in [-0.3, -0.25) is 4.79 Å². The Morgan fingerprint density at radius 1 is 1.11 bits per heavy atom. The molecule has 1 aromatic carbocycles. The van der Waals surface area contributed by atoms with E-state index in [1.54, 1.807) is 0 Å². The summed E-state index contributed by atoms with van der Waals surface area (Å²) in [5.74, 6) is 0.145. The van der Waals surface area contributed by atoms with Crippen LogP contribution in [-0.2, 0) is 11.3 Å². The van der Waals surface area contributed by atoms with Gasteiger partial charge in [-0.25, -0.2) is 0 Å². The molecule has 0 spiro atoms. The van der Waals surface area contributed by atoms with E-state index in [2.05, 4.69) is 11.4 Å². The normalized spacial score (nSPS) is 15.2. The number of hydrogen-bond acceptors (Lipinski definition) is 3. The standard InChI is InChI=1S/C15H22N2O2/c18-10-6-2-1-5-9-17-14-8-4-3-7-13(14)11-16-12-15(17)19/h3-4,7-8,16,18H,1-2,5-6,9-12H2. The summed E-state index contributed by atoms with van der Waals surface area (Å²) in [5, 5.41) is 11.9. The first-order valence-corrected chi connectivity index (χ1v) is 7.03. The molecule has 0 saturated carbocycles. The van der Waals surface area contributed by atoms with Crippen molar-refractivity contribution in [1.82, 2.24) is 5.32 Å². The fourth-order valence-electron chi connectivity index (χ4n) is 2.44. The number of aliphatic hydroxyl groups excluding tert-OH is 1. The molecule has 0 saturated heterocycles. The molecule has 1 amide bonds. The van der Waals surface area contributed by atoms with Crippen molar-refractivity contribution in [2.45, 2.75) is 32.2 Å². The zero-order valence-corrected chi connectivity index (χ0v) is 11.3. The second-order valence-corrected chi connectivity index (χ2v) is 4.92. The fourth-order valence-corrected chi connectivity index (χ4v) is 2.44. The average molecular weight is 262 g/mol. The molecule has 0 radical (unpaired) electrons. The van der Waals surface area contributed by atoms with Crippen LogP contribution in [0.4, 0.5) is 5.69 Å². The molecule has 19 heavy (non-hydrogen) atoms. The Hall–Kier alpha value is -1.39. The minimum Gasteiger partial charge on any atom is -0.396 e. The van der Waals surface area contributed by atoms with Crippen molar-refractivity contribution in [3.63, 3.8) is 0 Å². The maximum Gasteiger partial charge on any atom is 0.240 e. The first-order chi connectivity index (χ1) is 9.33. The molecule has 4 heteroatoms. The molecule has 104 valence electrons. The average Bonchev–Trinajstić information content (AvgIpc) is 2.58. The topological polar surface area (TPSA) is 52.6 Å². The molecule has 0 unspecified atom stereocenters. The predicted molar refractivity (Wildman–Crippen MR) is 76.1 cm³/mol. The van der Waals surface area contributed by atoms with Crippen LogP contribution in [0.3, 0.4) is 0 Å². The van der Waals surface area contributed by atoms with Gasteiger partial charge in [-0.05, 0) is 24.5 Å². The van der Waals surface area contributed by atoms with E-state index in [0.29, 0.717) is 6.54 Å². The smallest absolute Gasteiger partial charge is 0.240 e. The van der Waals surface area contributed by atoms with Crippen molar-refractivity contribution < 1.29 is 9.90 Å². The number of nitrogens with zero attached hydrogens (tertiary/aromatic N) is 1. The Kier molecular flexibility index (Phi) is 5.36. The van der Waals surface area contributed by atoms with Gasteiger partial charge < -0.3 is 15.3 Å². The van der Waals surface area contributed by atoms with Crippen molar-refractivity contribution in [3.8, 4) is 0 Å². The Labute approximate surface area is 114 Å². The van der Waals surface area contributed by atoms with Crippen LogP contribution in [0.1, 0.15) is 31.2 Å². The second-order valence-electron chi connectivity index (χ2n) is 4.92. The number of hydrogen-bond donors (Lipinski definition) is 2. The Balaban J connectivity index is 1.98. The molecule has 2 rings (SSSR count). The molecule has 0 aliphatic carbocycles. The third kappa shape index (κ3) is 3.78. The van der Waals surface area contributed by atoms with Gasteiger partial charge >= 0.3 is 0 Å². The van der Waals surface area contributed by atoms with Crippen LogP contribution in [0.5, 0.6) is 0 Å². The summed E-state index contributed by atoms with van der Waals surface area (Å²) in [4.78, 5) is 14.0. The maximum atomic E-state index is 12.1. The van der Waals surface area contributed by atoms with Crippen LogP contribution in [0.15, 0.2) is 24.3 Å². The van der Waals surface area contributed by atoms with E-state index in [1.165, 1.54) is 5.56 Å². The molecule has 4 nitrogen and oxygen atoms in total. The molecule has 1 heterocycles. The van der Waals surface area contributed by atoms with Gasteiger partial charge in [-0.2, -0.15) is 0 Å². The van der Waals surface area contributed by atoms with Gasteiger partial charge in [0.2, 0.25) is 5.91 Å². The number of aliphatic hydroxyl groups is 1. The number of benzene rings is 1. The molecule has 0 fully saturated rings. The molecular weight excluding hydrogens is 240 g/mol. The van der Waals surface area contributed by atoms with E-state index in [9.17, 15) is 4.79 Å². The maximum absolute atomic E-state index is 12.1. The van der Waals surface area contributed by atoms with Crippen LogP contribution in [0.2, 0.25) is 0 Å². The summed E-state index contributed by atoms with van der Waals surface area (Å²) in [7, 11) is 0. The highest BCUT2D eigenvalue weighted by Crippen LogP contribution is 2.23. The summed E-state index contributed by atoms with van der Waals surface area (Å²) in [6.45, 7) is 2.19. The van der Waals surface area contributed by atoms with Gasteiger partial charge in [0, 0.05) is 25.4 Å². The van der Waals surface area contributed by atoms with E-state index in [0.717, 1.165) is 44.5 Å². The number of nitrogens with one attached hydrogen (secondary N) is 1. The van der Waals surface area contributed by atoms with Crippen LogP contribution in [0.25, 0.3) is 0 Å². The molecule has 0 aromatic heterocycles. The minimum absolute atomic E-state index is 0.145. The zero-order chi connectivity index (χ0) is 13.5. The number of fused-ring (bicyclic) bond motifs is 1. The lowest BCUT2D eigenvalue weighted by Gasteiger charge is -2.22. The highest BCUT2D eigenvalue weighted by molar-refractivity contribution is 5.96. The Morgan fingerprint density at radius 2 is 1.89 bits per heavy atom. The van der Waals surface area contributed by atoms with E-state index in [1.807, 2.05) is 23.1 Å². The molecule has 1 aromatic rings. The van der Waals surface area contributed by atoms with Crippen LogP contribution < -0.4 is 10.2 Å². The molecule has 0 atom stereocenters. The summed E-state index contributed by atoms with van der Waals surface area (Å²) < 4.78 is 0. The second kappa shape index (κ2) is 7.26. The third-order valence-electron chi connectivity index (χ3n) is 3.46. The summed E-state index contributed by atoms with van der Waals surface area (Å²) >= 11 is 0. The number of anilines is 1. The van der Waals surface area contributed by atoms with E-state index in [4.69, 9.17) is 5.11 Å². The number of carbonyl (C=O) groups is 1. The van der Waals surface area contributed by atoms with Gasteiger partial charge in [0.1, 0.15) is 0 Å². The van der Waals surface area contributed by atoms with Crippen molar-refractivity contribution in [1.29, 1.82) is 0 Å². The van der Waals surface area contributed by atoms with Crippen molar-refractivity contribution >= 4 is 11.6 Å². The Morgan fingerprint density at radius 3 is 2.74 bits per heavy atom. The van der Waals surface area contributed by atoms with Gasteiger partial charge in [0.15, 0.2) is 0 Å². The predicted octanol–water partition coefficient (Wildman–Crippen LogP) is 1.68. The first-order valence-electron chi connectivity index (χ1n) is 7.03. The quantitative estimate of drug-likeness (QED) is 0.767. The van der Waals surface area contributed by atoms with Gasteiger partial charge in [0.05, 0.1) is 6.54 Å². The van der Waals surface area contributed by atoms with E-state index >= 15 is 0 Å². The number of unbranched alkanes of at least 4 members (excludes halogenated alkanes) is 3. The lowest BCUT2D eigenvalue weighted by atomic mass is 10.1. The molecule has 1 aliphatic heterocycles. The fraction of sp³-hybridized carbons (Fsp3) is 0.533. The van der Waals surface area contributed by atoms with Crippen molar-refractivity contribution in [2.24, 2.45) is 0 Å². The minimum atomic E-state index is 0.145. The summed E-state index contributed by atoms with van der Waals surface area (Å²) in [5.41, 5.74) is 2.23. The SMILES string of the molecule is O=C1CNCc2ccccc2N1CCCCCCO. The number of para-hydroxylation sites is 1. The van der Waals surface area contributed by atoms with E-state index in [-0.39, 0.29) is 12.5 Å². The summed E-state index contributed by atoms with van der Waals surface area (Å²) in [6, 6.07) is 8.08. The number of amides is 1. The lowest BCUT2D eigenvalue weighted by Crippen LogP contribution is -2.36. The van der Waals surface area contributed by atoms with Gasteiger partial charge in [-0.15, -0.1) is 0 Å². The summed E-state index contributed by atoms with van der Waals surface area (Å²) in [6.07, 6.45) is 3.92. The number of rotatable bonds is 6. The highest BCUT2D eigenvalue weighted by Gasteiger charge is 2.20. The van der Waals surface area contributed by atoms with Crippen LogP contribution in [-0.4, -0.2) is 30.7 Å². The monoisotopic (exact) mass is 262 g/mol.